The first-order chi connectivity index (χ1) is 9.24. The minimum atomic E-state index is -3.85. The van der Waals surface area contributed by atoms with Crippen LogP contribution in [0, 0.1) is 16.0 Å². The molecule has 0 aromatic carbocycles. The second kappa shape index (κ2) is 6.39. The van der Waals surface area contributed by atoms with Gasteiger partial charge < -0.3 is 15.2 Å². The number of hydrogen-bond acceptors (Lipinski definition) is 6. The van der Waals surface area contributed by atoms with Crippen LogP contribution < -0.4 is 4.72 Å². The van der Waals surface area contributed by atoms with Crippen LogP contribution in [0.4, 0.5) is 5.82 Å². The fourth-order valence-corrected chi connectivity index (χ4v) is 2.25. The predicted molar refractivity (Wildman–Crippen MR) is 67.5 cm³/mol. The summed E-state index contributed by atoms with van der Waals surface area (Å²) in [7, 11) is -3.85. The number of aliphatic carboxylic acids is 1. The van der Waals surface area contributed by atoms with Crippen LogP contribution in [0.3, 0.4) is 0 Å². The van der Waals surface area contributed by atoms with E-state index in [0.29, 0.717) is 0 Å². The Balaban J connectivity index is 2.69. The highest BCUT2D eigenvalue weighted by Gasteiger charge is 2.19. The fourth-order valence-electron chi connectivity index (χ4n) is 1.26. The van der Waals surface area contributed by atoms with Gasteiger partial charge in [0.1, 0.15) is 4.90 Å². The molecular weight excluding hydrogens is 290 g/mol. The summed E-state index contributed by atoms with van der Waals surface area (Å²) in [5.41, 5.74) is 0. The molecule has 0 amide bonds. The molecule has 10 heteroatoms. The molecule has 2 N–H and O–H groups in total. The maximum Gasteiger partial charge on any atom is 0.363 e. The zero-order valence-electron chi connectivity index (χ0n) is 10.5. The molecule has 110 valence electrons. The minimum Gasteiger partial charge on any atom is -0.481 e. The molecule has 0 spiro atoms. The van der Waals surface area contributed by atoms with Crippen molar-refractivity contribution in [2.75, 3.05) is 6.54 Å². The number of hydrogen-bond donors (Lipinski definition) is 2. The van der Waals surface area contributed by atoms with E-state index in [2.05, 4.69) is 9.71 Å². The van der Waals surface area contributed by atoms with Gasteiger partial charge in [0.25, 0.3) is 0 Å². The second-order valence-corrected chi connectivity index (χ2v) is 5.80. The van der Waals surface area contributed by atoms with Crippen LogP contribution in [0.15, 0.2) is 23.2 Å². The van der Waals surface area contributed by atoms with Gasteiger partial charge in [0.2, 0.25) is 10.0 Å². The Labute approximate surface area is 114 Å². The van der Waals surface area contributed by atoms with Gasteiger partial charge in [-0.2, -0.15) is 0 Å². The van der Waals surface area contributed by atoms with Gasteiger partial charge in [0, 0.05) is 12.6 Å². The number of carboxylic acids is 1. The molecule has 1 rings (SSSR count). The highest BCUT2D eigenvalue weighted by atomic mass is 32.2. The molecule has 0 aliphatic heterocycles. The van der Waals surface area contributed by atoms with Crippen molar-refractivity contribution >= 4 is 21.8 Å². The molecule has 1 atom stereocenters. The molecule has 1 aromatic rings. The van der Waals surface area contributed by atoms with Gasteiger partial charge in [-0.1, -0.05) is 6.92 Å². The summed E-state index contributed by atoms with van der Waals surface area (Å²) in [6.45, 7) is 1.41. The summed E-state index contributed by atoms with van der Waals surface area (Å²) in [4.78, 5) is 23.4. The van der Waals surface area contributed by atoms with Gasteiger partial charge in [-0.05, 0) is 22.4 Å². The van der Waals surface area contributed by atoms with Crippen LogP contribution in [0.2, 0.25) is 0 Å². The maximum absolute atomic E-state index is 11.8. The van der Waals surface area contributed by atoms with Crippen LogP contribution >= 0.6 is 0 Å². The quantitative estimate of drug-likeness (QED) is 0.548. The third-order valence-electron chi connectivity index (χ3n) is 2.51. The lowest BCUT2D eigenvalue weighted by Gasteiger charge is -2.07. The number of pyridine rings is 1. The van der Waals surface area contributed by atoms with Gasteiger partial charge >= 0.3 is 11.8 Å². The van der Waals surface area contributed by atoms with E-state index in [1.54, 1.807) is 0 Å². The first-order valence-electron chi connectivity index (χ1n) is 5.57. The second-order valence-electron chi connectivity index (χ2n) is 4.03. The Bertz CT molecular complexity index is 598. The molecule has 0 aliphatic carbocycles. The van der Waals surface area contributed by atoms with E-state index in [0.717, 1.165) is 18.3 Å². The van der Waals surface area contributed by atoms with Crippen molar-refractivity contribution in [1.82, 2.24) is 9.71 Å². The summed E-state index contributed by atoms with van der Waals surface area (Å²) < 4.78 is 25.8. The van der Waals surface area contributed by atoms with Gasteiger partial charge in [-0.25, -0.2) is 13.1 Å². The average Bonchev–Trinajstić information content (AvgIpc) is 2.38. The molecule has 1 aromatic heterocycles. The standard InChI is InChI=1S/C10H13N3O6S/c1-7(10(14)15)4-5-12-20(18,19)8-2-3-9(11-6-8)13(16)17/h2-3,6-7,12H,4-5H2,1H3,(H,14,15). The van der Waals surface area contributed by atoms with Gasteiger partial charge in [0.05, 0.1) is 5.92 Å². The summed E-state index contributed by atoms with van der Waals surface area (Å²) in [5.74, 6) is -2.14. The fraction of sp³-hybridized carbons (Fsp3) is 0.400. The van der Waals surface area contributed by atoms with Crippen LogP contribution in [0.1, 0.15) is 13.3 Å². The van der Waals surface area contributed by atoms with E-state index >= 15 is 0 Å². The van der Waals surface area contributed by atoms with E-state index in [1.165, 1.54) is 6.92 Å². The Morgan fingerprint density at radius 1 is 1.55 bits per heavy atom. The van der Waals surface area contributed by atoms with Crippen LogP contribution in [-0.4, -0.2) is 35.9 Å². The Kier molecular flexibility index (Phi) is 5.11. The molecule has 0 saturated heterocycles. The summed E-state index contributed by atoms with van der Waals surface area (Å²) >= 11 is 0. The number of sulfonamides is 1. The molecule has 0 saturated carbocycles. The number of rotatable bonds is 7. The lowest BCUT2D eigenvalue weighted by atomic mass is 10.1. The van der Waals surface area contributed by atoms with Crippen molar-refractivity contribution in [2.24, 2.45) is 5.92 Å². The number of nitro groups is 1. The number of carbonyl (C=O) groups is 1. The lowest BCUT2D eigenvalue weighted by molar-refractivity contribution is -0.389. The zero-order chi connectivity index (χ0) is 15.3. The molecular formula is C10H13N3O6S. The smallest absolute Gasteiger partial charge is 0.363 e. The third-order valence-corrected chi connectivity index (χ3v) is 3.96. The molecule has 0 aliphatic rings. The Morgan fingerprint density at radius 2 is 2.20 bits per heavy atom. The van der Waals surface area contributed by atoms with E-state index in [9.17, 15) is 23.3 Å². The van der Waals surface area contributed by atoms with E-state index in [1.807, 2.05) is 0 Å². The summed E-state index contributed by atoms with van der Waals surface area (Å²) in [5, 5.41) is 19.1. The summed E-state index contributed by atoms with van der Waals surface area (Å²) in [6, 6.07) is 2.04. The minimum absolute atomic E-state index is 0.0488. The molecule has 0 bridgehead atoms. The van der Waals surface area contributed by atoms with Crippen molar-refractivity contribution < 1.29 is 23.2 Å². The molecule has 20 heavy (non-hydrogen) atoms. The van der Waals surface area contributed by atoms with Crippen molar-refractivity contribution in [1.29, 1.82) is 0 Å². The van der Waals surface area contributed by atoms with Crippen LogP contribution in [-0.2, 0) is 14.8 Å². The zero-order valence-corrected chi connectivity index (χ0v) is 11.3. The maximum atomic E-state index is 11.8. The number of nitrogens with one attached hydrogen (secondary N) is 1. The normalized spacial score (nSPS) is 12.8. The van der Waals surface area contributed by atoms with E-state index in [-0.39, 0.29) is 17.9 Å². The lowest BCUT2D eigenvalue weighted by Crippen LogP contribution is -2.27. The molecule has 0 fully saturated rings. The van der Waals surface area contributed by atoms with Crippen molar-refractivity contribution in [2.45, 2.75) is 18.2 Å². The SMILES string of the molecule is CC(CCNS(=O)(=O)c1ccc([N+](=O)[O-])nc1)C(=O)O. The van der Waals surface area contributed by atoms with Crippen molar-refractivity contribution in [3.63, 3.8) is 0 Å². The molecule has 0 radical (unpaired) electrons. The first-order valence-corrected chi connectivity index (χ1v) is 7.05. The Morgan fingerprint density at radius 3 is 2.65 bits per heavy atom. The van der Waals surface area contributed by atoms with Gasteiger partial charge in [0.15, 0.2) is 6.20 Å². The number of nitrogens with zero attached hydrogens (tertiary/aromatic N) is 2. The largest absolute Gasteiger partial charge is 0.481 e. The van der Waals surface area contributed by atoms with Crippen LogP contribution in [0.5, 0.6) is 0 Å². The van der Waals surface area contributed by atoms with Crippen molar-refractivity contribution in [3.05, 3.63) is 28.4 Å². The highest BCUT2D eigenvalue weighted by Crippen LogP contribution is 2.12. The molecule has 9 nitrogen and oxygen atoms in total. The predicted octanol–water partition coefficient (Wildman–Crippen LogP) is 0.379. The number of aromatic nitrogens is 1. The number of carboxylic acid groups (broad SMARTS) is 1. The summed E-state index contributed by atoms with van der Waals surface area (Å²) in [6.07, 6.45) is 1.01. The molecule has 1 unspecified atom stereocenters. The monoisotopic (exact) mass is 303 g/mol. The van der Waals surface area contributed by atoms with E-state index in [4.69, 9.17) is 5.11 Å². The Hall–Kier alpha value is -2.07. The molecule has 1 heterocycles. The van der Waals surface area contributed by atoms with Gasteiger partial charge in [-0.3, -0.25) is 4.79 Å². The first kappa shape index (κ1) is 16.0. The third kappa shape index (κ3) is 4.24. The van der Waals surface area contributed by atoms with E-state index < -0.39 is 32.7 Å². The topological polar surface area (TPSA) is 140 Å². The average molecular weight is 303 g/mol. The van der Waals surface area contributed by atoms with Gasteiger partial charge in [-0.15, -0.1) is 0 Å². The van der Waals surface area contributed by atoms with Crippen molar-refractivity contribution in [3.8, 4) is 0 Å². The highest BCUT2D eigenvalue weighted by molar-refractivity contribution is 7.89. The van der Waals surface area contributed by atoms with Crippen LogP contribution in [0.25, 0.3) is 0 Å².